The monoisotopic (exact) mass is 350 g/mol. The number of methoxy groups -OCH3 is 1. The normalized spacial score (nSPS) is 12.3. The second-order valence-corrected chi connectivity index (χ2v) is 8.06. The van der Waals surface area contributed by atoms with E-state index in [1.165, 1.54) is 4.31 Å². The fraction of sp³-hybridized carbons (Fsp3) is 0.600. The highest BCUT2D eigenvalue weighted by Gasteiger charge is 2.27. The molecule has 0 heterocycles. The SMILES string of the molecule is COCCc1ccc(S(=O)(=O)N(C)CC(C)(C)CN)cc1.Cl. The Labute approximate surface area is 140 Å². The number of halogens is 1. The summed E-state index contributed by atoms with van der Waals surface area (Å²) in [4.78, 5) is 0.305. The van der Waals surface area contributed by atoms with Crippen molar-refractivity contribution in [2.45, 2.75) is 25.2 Å². The van der Waals surface area contributed by atoms with Crippen molar-refractivity contribution in [2.24, 2.45) is 11.1 Å². The lowest BCUT2D eigenvalue weighted by molar-refractivity contribution is 0.202. The molecule has 2 N–H and O–H groups in total. The zero-order valence-corrected chi connectivity index (χ0v) is 15.3. The predicted octanol–water partition coefficient (Wildman–Crippen LogP) is 1.90. The molecule has 0 aliphatic rings. The van der Waals surface area contributed by atoms with Gasteiger partial charge in [0, 0.05) is 20.7 Å². The highest BCUT2D eigenvalue weighted by Crippen LogP contribution is 2.21. The molecule has 1 aromatic rings. The molecule has 0 amide bonds. The summed E-state index contributed by atoms with van der Waals surface area (Å²) in [6.45, 7) is 5.34. The zero-order valence-electron chi connectivity index (χ0n) is 13.7. The molecule has 1 rings (SSSR count). The van der Waals surface area contributed by atoms with Crippen LogP contribution in [-0.2, 0) is 21.2 Å². The van der Waals surface area contributed by atoms with Crippen molar-refractivity contribution in [3.63, 3.8) is 0 Å². The van der Waals surface area contributed by atoms with Gasteiger partial charge in [0.05, 0.1) is 11.5 Å². The summed E-state index contributed by atoms with van der Waals surface area (Å²) < 4.78 is 31.4. The van der Waals surface area contributed by atoms with Crippen LogP contribution in [0.3, 0.4) is 0 Å². The zero-order chi connectivity index (χ0) is 16.1. The van der Waals surface area contributed by atoms with E-state index >= 15 is 0 Å². The highest BCUT2D eigenvalue weighted by atomic mass is 35.5. The minimum atomic E-state index is -3.47. The Morgan fingerprint density at radius 3 is 2.23 bits per heavy atom. The molecule has 0 fully saturated rings. The summed E-state index contributed by atoms with van der Waals surface area (Å²) in [6.07, 6.45) is 0.771. The van der Waals surface area contributed by atoms with Crippen LogP contribution in [0.1, 0.15) is 19.4 Å². The number of hydrogen-bond acceptors (Lipinski definition) is 4. The maximum atomic E-state index is 12.5. The van der Waals surface area contributed by atoms with Crippen molar-refractivity contribution in [1.82, 2.24) is 4.31 Å². The van der Waals surface area contributed by atoms with E-state index in [-0.39, 0.29) is 17.8 Å². The lowest BCUT2D eigenvalue weighted by Crippen LogP contribution is -2.39. The van der Waals surface area contributed by atoms with Gasteiger partial charge in [-0.05, 0) is 36.1 Å². The van der Waals surface area contributed by atoms with E-state index in [9.17, 15) is 8.42 Å². The first-order valence-electron chi connectivity index (χ1n) is 6.97. The Balaban J connectivity index is 0.00000441. The van der Waals surface area contributed by atoms with Crippen molar-refractivity contribution in [2.75, 3.05) is 33.9 Å². The summed E-state index contributed by atoms with van der Waals surface area (Å²) in [5.41, 5.74) is 6.48. The van der Waals surface area contributed by atoms with Gasteiger partial charge in [0.25, 0.3) is 0 Å². The molecule has 1 aromatic carbocycles. The molecule has 0 aliphatic heterocycles. The van der Waals surface area contributed by atoms with E-state index in [1.807, 2.05) is 26.0 Å². The second kappa shape index (κ2) is 8.84. The first kappa shape index (κ1) is 21.3. The van der Waals surface area contributed by atoms with E-state index in [0.29, 0.717) is 24.6 Å². The minimum absolute atomic E-state index is 0. The van der Waals surface area contributed by atoms with E-state index in [0.717, 1.165) is 12.0 Å². The van der Waals surface area contributed by atoms with E-state index in [4.69, 9.17) is 10.5 Å². The summed E-state index contributed by atoms with van der Waals surface area (Å²) in [7, 11) is -0.238. The van der Waals surface area contributed by atoms with Gasteiger partial charge in [0.15, 0.2) is 0 Å². The van der Waals surface area contributed by atoms with Crippen molar-refractivity contribution in [3.05, 3.63) is 29.8 Å². The first-order chi connectivity index (χ1) is 9.73. The van der Waals surface area contributed by atoms with Crippen LogP contribution < -0.4 is 5.73 Å². The number of hydrogen-bond donors (Lipinski definition) is 1. The van der Waals surface area contributed by atoms with Gasteiger partial charge in [-0.1, -0.05) is 26.0 Å². The number of benzene rings is 1. The van der Waals surface area contributed by atoms with Crippen LogP contribution in [0.4, 0.5) is 0 Å². The molecule has 0 atom stereocenters. The Hall–Kier alpha value is -0.660. The molecular weight excluding hydrogens is 324 g/mol. The molecule has 0 aliphatic carbocycles. The molecule has 5 nitrogen and oxygen atoms in total. The minimum Gasteiger partial charge on any atom is -0.384 e. The predicted molar refractivity (Wildman–Crippen MR) is 91.9 cm³/mol. The van der Waals surface area contributed by atoms with Crippen LogP contribution in [0.15, 0.2) is 29.2 Å². The van der Waals surface area contributed by atoms with Gasteiger partial charge >= 0.3 is 0 Å². The molecule has 22 heavy (non-hydrogen) atoms. The topological polar surface area (TPSA) is 72.6 Å². The molecule has 0 aromatic heterocycles. The van der Waals surface area contributed by atoms with Gasteiger partial charge < -0.3 is 10.5 Å². The molecule has 0 saturated heterocycles. The molecule has 128 valence electrons. The smallest absolute Gasteiger partial charge is 0.242 e. The van der Waals surface area contributed by atoms with Gasteiger partial charge in [-0.3, -0.25) is 0 Å². The van der Waals surface area contributed by atoms with Crippen LogP contribution in [0.5, 0.6) is 0 Å². The Bertz CT molecular complexity index is 544. The lowest BCUT2D eigenvalue weighted by Gasteiger charge is -2.28. The quantitative estimate of drug-likeness (QED) is 0.777. The summed E-state index contributed by atoms with van der Waals surface area (Å²) in [5.74, 6) is 0. The van der Waals surface area contributed by atoms with Gasteiger partial charge in [-0.15, -0.1) is 12.4 Å². The standard InChI is InChI=1S/C15H26N2O3S.ClH/c1-15(2,11-16)12-17(3)21(18,19)14-7-5-13(6-8-14)9-10-20-4;/h5-8H,9-12,16H2,1-4H3;1H. The van der Waals surface area contributed by atoms with Crippen LogP contribution in [0.25, 0.3) is 0 Å². The number of rotatable bonds is 8. The summed E-state index contributed by atoms with van der Waals surface area (Å²) >= 11 is 0. The van der Waals surface area contributed by atoms with Crippen LogP contribution in [0.2, 0.25) is 0 Å². The molecule has 0 bridgehead atoms. The van der Waals surface area contributed by atoms with Crippen LogP contribution in [-0.4, -0.2) is 46.6 Å². The van der Waals surface area contributed by atoms with Crippen LogP contribution >= 0.6 is 12.4 Å². The van der Waals surface area contributed by atoms with Gasteiger partial charge in [0.1, 0.15) is 0 Å². The van der Waals surface area contributed by atoms with Crippen molar-refractivity contribution in [1.29, 1.82) is 0 Å². The number of nitrogens with zero attached hydrogens (tertiary/aromatic N) is 1. The van der Waals surface area contributed by atoms with E-state index < -0.39 is 10.0 Å². The third-order valence-corrected chi connectivity index (χ3v) is 5.25. The Morgan fingerprint density at radius 1 is 1.23 bits per heavy atom. The molecule has 0 radical (unpaired) electrons. The molecule has 0 unspecified atom stereocenters. The molecular formula is C15H27ClN2O3S. The van der Waals surface area contributed by atoms with Gasteiger partial charge in [-0.25, -0.2) is 12.7 Å². The lowest BCUT2D eigenvalue weighted by atomic mass is 9.94. The third-order valence-electron chi connectivity index (χ3n) is 3.43. The number of nitrogens with two attached hydrogens (primary N) is 1. The number of ether oxygens (including phenoxy) is 1. The average molecular weight is 351 g/mol. The summed E-state index contributed by atoms with van der Waals surface area (Å²) in [6, 6.07) is 6.94. The Kier molecular flexibility index (Phi) is 8.57. The van der Waals surface area contributed by atoms with E-state index in [1.54, 1.807) is 26.3 Å². The molecule has 7 heteroatoms. The van der Waals surface area contributed by atoms with Gasteiger partial charge in [0.2, 0.25) is 10.0 Å². The fourth-order valence-corrected chi connectivity index (χ4v) is 3.34. The second-order valence-electron chi connectivity index (χ2n) is 6.02. The van der Waals surface area contributed by atoms with Gasteiger partial charge in [-0.2, -0.15) is 0 Å². The summed E-state index contributed by atoms with van der Waals surface area (Å²) in [5, 5.41) is 0. The molecule has 0 spiro atoms. The number of sulfonamides is 1. The van der Waals surface area contributed by atoms with E-state index in [2.05, 4.69) is 0 Å². The largest absolute Gasteiger partial charge is 0.384 e. The average Bonchev–Trinajstić information content (AvgIpc) is 2.45. The highest BCUT2D eigenvalue weighted by molar-refractivity contribution is 7.89. The van der Waals surface area contributed by atoms with Crippen molar-refractivity contribution in [3.8, 4) is 0 Å². The first-order valence-corrected chi connectivity index (χ1v) is 8.41. The fourth-order valence-electron chi connectivity index (χ4n) is 1.98. The van der Waals surface area contributed by atoms with Crippen molar-refractivity contribution >= 4 is 22.4 Å². The van der Waals surface area contributed by atoms with Crippen LogP contribution in [0, 0.1) is 5.41 Å². The maximum Gasteiger partial charge on any atom is 0.242 e. The maximum absolute atomic E-state index is 12.5. The molecule has 0 saturated carbocycles. The van der Waals surface area contributed by atoms with Crippen molar-refractivity contribution < 1.29 is 13.2 Å². The Morgan fingerprint density at radius 2 is 1.77 bits per heavy atom. The third kappa shape index (κ3) is 5.85.